The van der Waals surface area contributed by atoms with Gasteiger partial charge in [0.2, 0.25) is 10.0 Å². The Morgan fingerprint density at radius 3 is 2.14 bits per heavy atom. The van der Waals surface area contributed by atoms with Gasteiger partial charge in [0, 0.05) is 31.7 Å². The third-order valence-corrected chi connectivity index (χ3v) is 4.55. The Labute approximate surface area is 132 Å². The number of nitrogens with one attached hydrogen (secondary N) is 1. The zero-order valence-electron chi connectivity index (χ0n) is 13.3. The van der Waals surface area contributed by atoms with Crippen molar-refractivity contribution in [2.24, 2.45) is 0 Å². The number of nitrogens with zero attached hydrogens (tertiary/aromatic N) is 1. The van der Waals surface area contributed by atoms with Gasteiger partial charge in [-0.05, 0) is 30.5 Å². The minimum Gasteiger partial charge on any atom is -0.497 e. The summed E-state index contributed by atoms with van der Waals surface area (Å²) in [7, 11) is 0.160. The Morgan fingerprint density at radius 1 is 1.14 bits per heavy atom. The first kappa shape index (κ1) is 17.1. The van der Waals surface area contributed by atoms with Crippen LogP contribution >= 0.6 is 0 Å². The lowest BCUT2D eigenvalue weighted by Crippen LogP contribution is -2.43. The Bertz CT molecular complexity index is 573. The van der Waals surface area contributed by atoms with Gasteiger partial charge in [-0.25, -0.2) is 13.1 Å². The monoisotopic (exact) mass is 328 g/mol. The van der Waals surface area contributed by atoms with Gasteiger partial charge >= 0.3 is 0 Å². The van der Waals surface area contributed by atoms with Crippen molar-refractivity contribution in [2.45, 2.75) is 25.4 Å². The molecule has 1 aliphatic rings. The van der Waals surface area contributed by atoms with Gasteiger partial charge in [0.15, 0.2) is 0 Å². The highest BCUT2D eigenvalue weighted by atomic mass is 32.2. The molecule has 0 aliphatic carbocycles. The van der Waals surface area contributed by atoms with Crippen LogP contribution in [0.3, 0.4) is 0 Å². The van der Waals surface area contributed by atoms with E-state index in [4.69, 9.17) is 9.47 Å². The third kappa shape index (κ3) is 5.15. The maximum atomic E-state index is 11.3. The fourth-order valence-corrected chi connectivity index (χ4v) is 3.57. The van der Waals surface area contributed by atoms with Crippen LogP contribution in [-0.2, 0) is 16.6 Å². The number of methoxy groups -OCH3 is 2. The number of ether oxygens (including phenoxy) is 2. The molecule has 1 saturated heterocycles. The van der Waals surface area contributed by atoms with Crippen LogP contribution in [0.25, 0.3) is 0 Å². The number of benzene rings is 1. The molecule has 0 saturated carbocycles. The Hall–Kier alpha value is -1.31. The zero-order valence-corrected chi connectivity index (χ0v) is 14.1. The molecule has 7 heteroatoms. The number of sulfonamides is 1. The van der Waals surface area contributed by atoms with Gasteiger partial charge in [0.1, 0.15) is 11.5 Å². The van der Waals surface area contributed by atoms with Gasteiger partial charge in [-0.2, -0.15) is 0 Å². The largest absolute Gasteiger partial charge is 0.497 e. The van der Waals surface area contributed by atoms with E-state index < -0.39 is 10.0 Å². The SMILES string of the molecule is COc1cc(CN2CCC(NS(C)(=O)=O)CC2)cc(OC)c1. The molecule has 1 fully saturated rings. The fourth-order valence-electron chi connectivity index (χ4n) is 2.73. The highest BCUT2D eigenvalue weighted by Gasteiger charge is 2.21. The lowest BCUT2D eigenvalue weighted by atomic mass is 10.1. The molecular weight excluding hydrogens is 304 g/mol. The summed E-state index contributed by atoms with van der Waals surface area (Å²) in [5.74, 6) is 1.56. The molecule has 0 spiro atoms. The molecule has 22 heavy (non-hydrogen) atoms. The van der Waals surface area contributed by atoms with Crippen molar-refractivity contribution in [3.63, 3.8) is 0 Å². The van der Waals surface area contributed by atoms with E-state index in [1.54, 1.807) is 14.2 Å². The maximum absolute atomic E-state index is 11.3. The second-order valence-corrected chi connectivity index (χ2v) is 7.44. The van der Waals surface area contributed by atoms with E-state index in [0.29, 0.717) is 0 Å². The maximum Gasteiger partial charge on any atom is 0.208 e. The molecule has 1 heterocycles. The van der Waals surface area contributed by atoms with Crippen LogP contribution in [0.2, 0.25) is 0 Å². The number of hydrogen-bond acceptors (Lipinski definition) is 5. The summed E-state index contributed by atoms with van der Waals surface area (Å²) in [6.45, 7) is 2.54. The molecule has 1 aromatic rings. The predicted octanol–water partition coefficient (Wildman–Crippen LogP) is 1.22. The molecule has 2 rings (SSSR count). The standard InChI is InChI=1S/C15H24N2O4S/c1-20-14-8-12(9-15(10-14)21-2)11-17-6-4-13(5-7-17)16-22(3,18)19/h8-10,13,16H,4-7,11H2,1-3H3. The zero-order chi connectivity index (χ0) is 16.2. The quantitative estimate of drug-likeness (QED) is 0.850. The topological polar surface area (TPSA) is 67.9 Å². The summed E-state index contributed by atoms with van der Waals surface area (Å²) in [5, 5.41) is 0. The summed E-state index contributed by atoms with van der Waals surface area (Å²) in [4.78, 5) is 2.31. The second kappa shape index (κ2) is 7.30. The van der Waals surface area contributed by atoms with E-state index in [0.717, 1.165) is 49.5 Å². The van der Waals surface area contributed by atoms with E-state index >= 15 is 0 Å². The molecule has 0 aromatic heterocycles. The van der Waals surface area contributed by atoms with Gasteiger partial charge in [0.25, 0.3) is 0 Å². The van der Waals surface area contributed by atoms with Crippen LogP contribution in [0.1, 0.15) is 18.4 Å². The lowest BCUT2D eigenvalue weighted by Gasteiger charge is -2.32. The molecule has 1 N–H and O–H groups in total. The van der Waals surface area contributed by atoms with E-state index in [-0.39, 0.29) is 6.04 Å². The van der Waals surface area contributed by atoms with Crippen LogP contribution in [0.5, 0.6) is 11.5 Å². The summed E-state index contributed by atoms with van der Waals surface area (Å²) in [6.07, 6.45) is 2.87. The average Bonchev–Trinajstić information content (AvgIpc) is 2.47. The minimum absolute atomic E-state index is 0.0473. The van der Waals surface area contributed by atoms with Gasteiger partial charge in [0.05, 0.1) is 20.5 Å². The first-order valence-corrected chi connectivity index (χ1v) is 9.20. The van der Waals surface area contributed by atoms with Gasteiger partial charge in [-0.15, -0.1) is 0 Å². The van der Waals surface area contributed by atoms with Crippen molar-refractivity contribution in [2.75, 3.05) is 33.6 Å². The molecule has 0 unspecified atom stereocenters. The fraction of sp³-hybridized carbons (Fsp3) is 0.600. The second-order valence-electron chi connectivity index (χ2n) is 5.66. The molecule has 0 bridgehead atoms. The van der Waals surface area contributed by atoms with Crippen LogP contribution in [0.15, 0.2) is 18.2 Å². The summed E-state index contributed by atoms with van der Waals surface area (Å²) in [5.41, 5.74) is 1.13. The molecule has 0 atom stereocenters. The van der Waals surface area contributed by atoms with Gasteiger partial charge in [-0.3, -0.25) is 4.90 Å². The Morgan fingerprint density at radius 2 is 1.68 bits per heavy atom. The average molecular weight is 328 g/mol. The lowest BCUT2D eigenvalue weighted by molar-refractivity contribution is 0.199. The molecular formula is C15H24N2O4S. The molecule has 1 aliphatic heterocycles. The number of likely N-dealkylation sites (tertiary alicyclic amines) is 1. The molecule has 124 valence electrons. The molecule has 0 radical (unpaired) electrons. The number of hydrogen-bond donors (Lipinski definition) is 1. The normalized spacial score (nSPS) is 17.4. The first-order chi connectivity index (χ1) is 10.4. The van der Waals surface area contributed by atoms with Crippen LogP contribution in [0.4, 0.5) is 0 Å². The van der Waals surface area contributed by atoms with E-state index in [1.165, 1.54) is 6.26 Å². The first-order valence-electron chi connectivity index (χ1n) is 7.31. The van der Waals surface area contributed by atoms with Crippen molar-refractivity contribution < 1.29 is 17.9 Å². The number of rotatable bonds is 6. The van der Waals surface area contributed by atoms with Crippen LogP contribution in [-0.4, -0.2) is 52.9 Å². The summed E-state index contributed by atoms with van der Waals surface area (Å²) in [6, 6.07) is 5.91. The summed E-state index contributed by atoms with van der Waals surface area (Å²) >= 11 is 0. The van der Waals surface area contributed by atoms with Gasteiger partial charge < -0.3 is 9.47 Å². The van der Waals surface area contributed by atoms with Crippen molar-refractivity contribution in [1.29, 1.82) is 0 Å². The van der Waals surface area contributed by atoms with E-state index in [9.17, 15) is 8.42 Å². The van der Waals surface area contributed by atoms with Crippen LogP contribution in [0, 0.1) is 0 Å². The van der Waals surface area contributed by atoms with Crippen molar-refractivity contribution in [3.8, 4) is 11.5 Å². The predicted molar refractivity (Wildman–Crippen MR) is 85.8 cm³/mol. The Balaban J connectivity index is 1.93. The number of piperidine rings is 1. The van der Waals surface area contributed by atoms with E-state index in [1.807, 2.05) is 18.2 Å². The molecule has 6 nitrogen and oxygen atoms in total. The summed E-state index contributed by atoms with van der Waals surface area (Å²) < 4.78 is 35.8. The van der Waals surface area contributed by atoms with E-state index in [2.05, 4.69) is 9.62 Å². The Kier molecular flexibility index (Phi) is 5.66. The van der Waals surface area contributed by atoms with Crippen molar-refractivity contribution in [1.82, 2.24) is 9.62 Å². The van der Waals surface area contributed by atoms with Crippen molar-refractivity contribution >= 4 is 10.0 Å². The van der Waals surface area contributed by atoms with Crippen molar-refractivity contribution in [3.05, 3.63) is 23.8 Å². The van der Waals surface area contributed by atoms with Gasteiger partial charge in [-0.1, -0.05) is 0 Å². The van der Waals surface area contributed by atoms with Crippen LogP contribution < -0.4 is 14.2 Å². The molecule has 1 aromatic carbocycles. The highest BCUT2D eigenvalue weighted by Crippen LogP contribution is 2.24. The minimum atomic E-state index is -3.12. The highest BCUT2D eigenvalue weighted by molar-refractivity contribution is 7.88. The third-order valence-electron chi connectivity index (χ3n) is 3.79. The smallest absolute Gasteiger partial charge is 0.208 e. The molecule has 0 amide bonds.